The standard InChI is InChI=1S/C28H22F3N3O7S/c1-42(40)33-17-8-4-14(5-9-17)18-10-11-19-23-25(18)41-13-20(15-2-6-16(7-3-15)28(29,30)31)34(23)27(39)22(24(19)37)26(38)32-12-21(35)36/h2-11,20,33,37H,12-13H2,1H3,(H,32,38)(H,35,36). The van der Waals surface area contributed by atoms with Gasteiger partial charge in [-0.2, -0.15) is 13.2 Å². The van der Waals surface area contributed by atoms with Crippen LogP contribution in [0.2, 0.25) is 0 Å². The summed E-state index contributed by atoms with van der Waals surface area (Å²) in [6, 6.07) is 13.0. The van der Waals surface area contributed by atoms with E-state index in [4.69, 9.17) is 9.84 Å². The summed E-state index contributed by atoms with van der Waals surface area (Å²) in [7, 11) is 0. The van der Waals surface area contributed by atoms with Crippen LogP contribution in [0.15, 0.2) is 65.5 Å². The number of amides is 1. The van der Waals surface area contributed by atoms with E-state index in [0.29, 0.717) is 16.8 Å². The fourth-order valence-corrected chi connectivity index (χ4v) is 5.31. The number of rotatable bonds is 7. The molecule has 14 heteroatoms. The molecule has 0 spiro atoms. The van der Waals surface area contributed by atoms with E-state index in [1.807, 2.05) is 0 Å². The third-order valence-corrected chi connectivity index (χ3v) is 7.22. The largest absolute Gasteiger partial charge is 0.593 e. The minimum atomic E-state index is -4.58. The highest BCUT2D eigenvalue weighted by Gasteiger charge is 2.34. The second-order valence-corrected chi connectivity index (χ2v) is 10.5. The Hall–Kier alpha value is -4.69. The van der Waals surface area contributed by atoms with Crippen LogP contribution in [-0.4, -0.2) is 50.6 Å². The van der Waals surface area contributed by atoms with Crippen LogP contribution >= 0.6 is 0 Å². The maximum absolute atomic E-state index is 13.8. The van der Waals surface area contributed by atoms with Crippen LogP contribution in [0.25, 0.3) is 22.0 Å². The molecular weight excluding hydrogens is 579 g/mol. The summed E-state index contributed by atoms with van der Waals surface area (Å²) >= 11 is -1.30. The van der Waals surface area contributed by atoms with Gasteiger partial charge in [-0.15, -0.1) is 0 Å². The normalized spacial score (nSPS) is 15.1. The van der Waals surface area contributed by atoms with Gasteiger partial charge in [0.05, 0.1) is 34.2 Å². The lowest BCUT2D eigenvalue weighted by Gasteiger charge is -2.31. The number of aromatic hydroxyl groups is 1. The summed E-state index contributed by atoms with van der Waals surface area (Å²) in [5, 5.41) is 22.1. The predicted molar refractivity (Wildman–Crippen MR) is 148 cm³/mol. The van der Waals surface area contributed by atoms with Gasteiger partial charge in [0, 0.05) is 10.9 Å². The highest BCUT2D eigenvalue weighted by molar-refractivity contribution is 7.92. The van der Waals surface area contributed by atoms with Crippen molar-refractivity contribution in [3.63, 3.8) is 0 Å². The third-order valence-electron chi connectivity index (χ3n) is 6.70. The lowest BCUT2D eigenvalue weighted by molar-refractivity contribution is -0.138. The lowest BCUT2D eigenvalue weighted by atomic mass is 9.96. The molecule has 0 saturated carbocycles. The molecule has 4 aromatic rings. The van der Waals surface area contributed by atoms with E-state index in [2.05, 4.69) is 10.0 Å². The summed E-state index contributed by atoms with van der Waals surface area (Å²) in [5.74, 6) is -3.03. The number of aliphatic carboxylic acids is 1. The van der Waals surface area contributed by atoms with Gasteiger partial charge in [0.2, 0.25) is 0 Å². The number of anilines is 1. The minimum Gasteiger partial charge on any atom is -0.593 e. The highest BCUT2D eigenvalue weighted by atomic mass is 32.2. The van der Waals surface area contributed by atoms with Crippen LogP contribution < -0.4 is 20.3 Å². The van der Waals surface area contributed by atoms with Crippen LogP contribution in [0.1, 0.15) is 27.5 Å². The molecule has 1 amide bonds. The number of alkyl halides is 3. The van der Waals surface area contributed by atoms with E-state index in [1.165, 1.54) is 29.0 Å². The smallest absolute Gasteiger partial charge is 0.416 e. The molecule has 3 aromatic carbocycles. The molecule has 2 atom stereocenters. The average Bonchev–Trinajstić information content (AvgIpc) is 2.94. The van der Waals surface area contributed by atoms with Gasteiger partial charge in [-0.05, 0) is 47.5 Å². The Labute approximate surface area is 238 Å². The second-order valence-electron chi connectivity index (χ2n) is 9.39. The number of nitrogens with one attached hydrogen (secondary N) is 2. The topological polar surface area (TPSA) is 153 Å². The monoisotopic (exact) mass is 601 g/mol. The van der Waals surface area contributed by atoms with E-state index in [-0.39, 0.29) is 28.8 Å². The van der Waals surface area contributed by atoms with E-state index in [0.717, 1.165) is 12.1 Å². The van der Waals surface area contributed by atoms with Crippen molar-refractivity contribution in [2.24, 2.45) is 0 Å². The molecule has 0 bridgehead atoms. The molecule has 2 unspecified atom stereocenters. The van der Waals surface area contributed by atoms with Crippen molar-refractivity contribution in [3.05, 3.63) is 87.7 Å². The molecule has 1 aliphatic rings. The Bertz CT molecular complexity index is 1760. The first-order valence-corrected chi connectivity index (χ1v) is 13.9. The molecule has 10 nitrogen and oxygen atoms in total. The van der Waals surface area contributed by atoms with Gasteiger partial charge in [0.25, 0.3) is 11.5 Å². The van der Waals surface area contributed by atoms with Crippen molar-refractivity contribution in [1.29, 1.82) is 0 Å². The first-order chi connectivity index (χ1) is 19.9. The highest BCUT2D eigenvalue weighted by Crippen LogP contribution is 2.44. The van der Waals surface area contributed by atoms with Crippen LogP contribution in [0.3, 0.4) is 0 Å². The second kappa shape index (κ2) is 10.9. The molecule has 5 rings (SSSR count). The Balaban J connectivity index is 1.72. The molecule has 1 aromatic heterocycles. The fourth-order valence-electron chi connectivity index (χ4n) is 4.84. The van der Waals surface area contributed by atoms with Crippen LogP contribution in [-0.2, 0) is 22.3 Å². The number of ether oxygens (including phenoxy) is 1. The molecule has 0 saturated heterocycles. The van der Waals surface area contributed by atoms with Crippen LogP contribution in [0.5, 0.6) is 11.5 Å². The van der Waals surface area contributed by atoms with Gasteiger partial charge in [0.1, 0.15) is 30.7 Å². The number of hydrogen-bond donors (Lipinski definition) is 4. The quantitative estimate of drug-likeness (QED) is 0.233. The lowest BCUT2D eigenvalue weighted by Crippen LogP contribution is -2.39. The SMILES string of the molecule is C[S+]([O-])Nc1ccc(-c2ccc3c(O)c(C(=O)NCC(=O)O)c(=O)n4c3c2OCC4c2ccc(C(F)(F)F)cc2)cc1. The number of carboxylic acid groups (broad SMARTS) is 1. The number of carboxylic acids is 1. The van der Waals surface area contributed by atoms with Gasteiger partial charge in [-0.1, -0.05) is 24.3 Å². The van der Waals surface area contributed by atoms with E-state index in [1.54, 1.807) is 30.3 Å². The predicted octanol–water partition coefficient (Wildman–Crippen LogP) is 3.89. The average molecular weight is 602 g/mol. The number of carbonyl (C=O) groups excluding carboxylic acids is 1. The summed E-state index contributed by atoms with van der Waals surface area (Å²) in [5.41, 5.74) is -0.506. The molecule has 4 N–H and O–H groups in total. The van der Waals surface area contributed by atoms with Crippen molar-refractivity contribution in [3.8, 4) is 22.6 Å². The molecule has 218 valence electrons. The maximum Gasteiger partial charge on any atom is 0.416 e. The Morgan fingerprint density at radius 1 is 1.10 bits per heavy atom. The zero-order valence-corrected chi connectivity index (χ0v) is 22.5. The first-order valence-electron chi connectivity index (χ1n) is 12.3. The fraction of sp³-hybridized carbons (Fsp3) is 0.179. The molecule has 0 aliphatic carbocycles. The number of aromatic nitrogens is 1. The molecule has 0 radical (unpaired) electrons. The van der Waals surface area contributed by atoms with E-state index in [9.17, 15) is 37.2 Å². The van der Waals surface area contributed by atoms with Crippen LogP contribution in [0, 0.1) is 0 Å². The number of carbonyl (C=O) groups is 2. The summed E-state index contributed by atoms with van der Waals surface area (Å²) in [6.07, 6.45) is -3.11. The van der Waals surface area contributed by atoms with E-state index >= 15 is 0 Å². The number of hydrogen-bond acceptors (Lipinski definition) is 7. The van der Waals surface area contributed by atoms with E-state index < -0.39 is 64.4 Å². The minimum absolute atomic E-state index is 0.0325. The van der Waals surface area contributed by atoms with Crippen molar-refractivity contribution in [1.82, 2.24) is 9.88 Å². The maximum atomic E-state index is 13.8. The zero-order chi connectivity index (χ0) is 30.3. The Kier molecular flexibility index (Phi) is 7.51. The van der Waals surface area contributed by atoms with Crippen molar-refractivity contribution in [2.75, 3.05) is 24.1 Å². The van der Waals surface area contributed by atoms with Gasteiger partial charge in [-0.25, -0.2) is 4.72 Å². The summed E-state index contributed by atoms with van der Waals surface area (Å²) in [4.78, 5) is 37.7. The van der Waals surface area contributed by atoms with Gasteiger partial charge >= 0.3 is 12.1 Å². The number of nitrogens with zero attached hydrogens (tertiary/aromatic N) is 1. The first kappa shape index (κ1) is 28.8. The third kappa shape index (κ3) is 5.33. The Morgan fingerprint density at radius 2 is 1.76 bits per heavy atom. The van der Waals surface area contributed by atoms with Crippen molar-refractivity contribution < 1.29 is 42.3 Å². The molecule has 1 aliphatic heterocycles. The zero-order valence-electron chi connectivity index (χ0n) is 21.7. The summed E-state index contributed by atoms with van der Waals surface area (Å²) in [6.45, 7) is -1.03. The molecule has 42 heavy (non-hydrogen) atoms. The number of benzene rings is 3. The molecule has 2 heterocycles. The molecular formula is C28H22F3N3O7S. The van der Waals surface area contributed by atoms with Crippen molar-refractivity contribution >= 4 is 39.8 Å². The van der Waals surface area contributed by atoms with Gasteiger partial charge < -0.3 is 24.8 Å². The summed E-state index contributed by atoms with van der Waals surface area (Å²) < 4.78 is 61.1. The Morgan fingerprint density at radius 3 is 2.36 bits per heavy atom. The number of pyridine rings is 1. The number of halogens is 3. The van der Waals surface area contributed by atoms with Gasteiger partial charge in [0.15, 0.2) is 5.75 Å². The molecule has 0 fully saturated rings. The van der Waals surface area contributed by atoms with Crippen molar-refractivity contribution in [2.45, 2.75) is 12.2 Å². The van der Waals surface area contributed by atoms with Gasteiger partial charge in [-0.3, -0.25) is 19.0 Å². The van der Waals surface area contributed by atoms with Crippen LogP contribution in [0.4, 0.5) is 18.9 Å².